The van der Waals surface area contributed by atoms with Gasteiger partial charge in [-0.3, -0.25) is 4.98 Å². The highest BCUT2D eigenvalue weighted by Gasteiger charge is 2.34. The lowest BCUT2D eigenvalue weighted by atomic mass is 10.2. The summed E-state index contributed by atoms with van der Waals surface area (Å²) in [5, 5.41) is 0. The van der Waals surface area contributed by atoms with Crippen molar-refractivity contribution >= 4 is 11.8 Å². The van der Waals surface area contributed by atoms with E-state index in [-0.39, 0.29) is 5.56 Å². The number of hydrogen-bond acceptors (Lipinski definition) is 2. The number of rotatable bonds is 2. The third-order valence-electron chi connectivity index (χ3n) is 1.46. The van der Waals surface area contributed by atoms with Crippen LogP contribution >= 0.6 is 11.8 Å². The van der Waals surface area contributed by atoms with Crippen LogP contribution in [-0.2, 0) is 11.9 Å². The Labute approximate surface area is 78.4 Å². The smallest absolute Gasteiger partial charge is 0.251 e. The van der Waals surface area contributed by atoms with E-state index >= 15 is 0 Å². The second-order valence-corrected chi connectivity index (χ2v) is 3.31. The summed E-state index contributed by atoms with van der Waals surface area (Å²) in [6.07, 6.45) is -1.42. The summed E-state index contributed by atoms with van der Waals surface area (Å²) in [4.78, 5) is 3.33. The highest BCUT2D eigenvalue weighted by atomic mass is 32.2. The van der Waals surface area contributed by atoms with Gasteiger partial charge < -0.3 is 0 Å². The molecule has 0 saturated carbocycles. The second-order valence-electron chi connectivity index (χ2n) is 2.44. The molecule has 72 valence electrons. The molecule has 0 saturated heterocycles. The Balaban J connectivity index is 3.05. The summed E-state index contributed by atoms with van der Waals surface area (Å²) in [6.45, 7) is 0. The first-order valence-corrected chi connectivity index (χ1v) is 4.95. The van der Waals surface area contributed by atoms with Crippen molar-refractivity contribution in [1.29, 1.82) is 0 Å². The zero-order valence-electron chi connectivity index (χ0n) is 6.93. The van der Waals surface area contributed by atoms with Gasteiger partial charge in [0.1, 0.15) is 5.69 Å². The van der Waals surface area contributed by atoms with Gasteiger partial charge in [-0.05, 0) is 17.9 Å². The molecule has 0 N–H and O–H groups in total. The second kappa shape index (κ2) is 4.00. The number of alkyl halides is 3. The molecular weight excluding hydrogens is 199 g/mol. The highest BCUT2D eigenvalue weighted by Crippen LogP contribution is 2.31. The van der Waals surface area contributed by atoms with Crippen molar-refractivity contribution in [2.24, 2.45) is 0 Å². The van der Waals surface area contributed by atoms with Crippen molar-refractivity contribution in [2.45, 2.75) is 11.9 Å². The van der Waals surface area contributed by atoms with Crippen molar-refractivity contribution in [3.8, 4) is 0 Å². The fourth-order valence-corrected chi connectivity index (χ4v) is 1.51. The molecule has 0 aliphatic rings. The van der Waals surface area contributed by atoms with Crippen LogP contribution < -0.4 is 0 Å². The Morgan fingerprint density at radius 1 is 1.46 bits per heavy atom. The number of nitrogens with zero attached hydrogens (tertiary/aromatic N) is 1. The van der Waals surface area contributed by atoms with E-state index in [2.05, 4.69) is 4.98 Å². The predicted molar refractivity (Wildman–Crippen MR) is 46.5 cm³/mol. The molecule has 0 aliphatic heterocycles. The lowest BCUT2D eigenvalue weighted by Crippen LogP contribution is -2.11. The summed E-state index contributed by atoms with van der Waals surface area (Å²) in [6, 6.07) is 2.97. The summed E-state index contributed by atoms with van der Waals surface area (Å²) in [5.41, 5.74) is -0.535. The molecule has 13 heavy (non-hydrogen) atoms. The average molecular weight is 207 g/mol. The molecule has 1 aromatic heterocycles. The van der Waals surface area contributed by atoms with Crippen LogP contribution in [0.5, 0.6) is 0 Å². The van der Waals surface area contributed by atoms with Crippen LogP contribution in [0, 0.1) is 0 Å². The topological polar surface area (TPSA) is 12.9 Å². The monoisotopic (exact) mass is 207 g/mol. The third-order valence-corrected chi connectivity index (χ3v) is 2.06. The van der Waals surface area contributed by atoms with Gasteiger partial charge in [-0.2, -0.15) is 24.9 Å². The van der Waals surface area contributed by atoms with E-state index in [4.69, 9.17) is 0 Å². The zero-order chi connectivity index (χ0) is 9.90. The maximum Gasteiger partial charge on any atom is 0.433 e. The normalized spacial score (nSPS) is 11.7. The molecule has 1 rings (SSSR count). The van der Waals surface area contributed by atoms with Gasteiger partial charge in [-0.25, -0.2) is 0 Å². The van der Waals surface area contributed by atoms with Crippen LogP contribution in [0.1, 0.15) is 11.3 Å². The van der Waals surface area contributed by atoms with E-state index in [1.54, 1.807) is 6.26 Å². The number of halogens is 3. The van der Waals surface area contributed by atoms with Gasteiger partial charge in [0.15, 0.2) is 0 Å². The first-order chi connectivity index (χ1) is 6.05. The number of aromatic nitrogens is 1. The minimum absolute atomic E-state index is 0.238. The van der Waals surface area contributed by atoms with Crippen molar-refractivity contribution in [2.75, 3.05) is 6.26 Å². The minimum atomic E-state index is -4.34. The molecule has 1 heterocycles. The molecule has 0 aliphatic carbocycles. The van der Waals surface area contributed by atoms with Crippen LogP contribution in [0.15, 0.2) is 18.3 Å². The van der Waals surface area contributed by atoms with Crippen molar-refractivity contribution < 1.29 is 13.2 Å². The van der Waals surface area contributed by atoms with Gasteiger partial charge in [-0.1, -0.05) is 6.07 Å². The fourth-order valence-electron chi connectivity index (χ4n) is 0.966. The van der Waals surface area contributed by atoms with Gasteiger partial charge in [-0.15, -0.1) is 0 Å². The van der Waals surface area contributed by atoms with Crippen LogP contribution in [0.4, 0.5) is 13.2 Å². The molecule has 0 spiro atoms. The number of thioether (sulfide) groups is 1. The molecule has 0 aromatic carbocycles. The van der Waals surface area contributed by atoms with Crippen molar-refractivity contribution in [3.63, 3.8) is 0 Å². The molecule has 0 bridgehead atoms. The van der Waals surface area contributed by atoms with Crippen molar-refractivity contribution in [3.05, 3.63) is 29.6 Å². The van der Waals surface area contributed by atoms with Crippen LogP contribution in [0.25, 0.3) is 0 Å². The lowest BCUT2D eigenvalue weighted by molar-refractivity contribution is -0.141. The number of hydrogen-bond donors (Lipinski definition) is 0. The average Bonchev–Trinajstić information content (AvgIpc) is 2.04. The van der Waals surface area contributed by atoms with Gasteiger partial charge in [0.05, 0.1) is 0 Å². The Kier molecular flexibility index (Phi) is 3.19. The molecule has 0 atom stereocenters. The van der Waals surface area contributed by atoms with Crippen molar-refractivity contribution in [1.82, 2.24) is 4.98 Å². The molecule has 0 radical (unpaired) electrons. The Hall–Kier alpha value is -0.710. The summed E-state index contributed by atoms with van der Waals surface area (Å²) in [5.74, 6) is 0.336. The Morgan fingerprint density at radius 2 is 2.15 bits per heavy atom. The van der Waals surface area contributed by atoms with E-state index in [0.29, 0.717) is 5.75 Å². The lowest BCUT2D eigenvalue weighted by Gasteiger charge is -2.09. The van der Waals surface area contributed by atoms with Gasteiger partial charge in [0.2, 0.25) is 0 Å². The zero-order valence-corrected chi connectivity index (χ0v) is 7.75. The SMILES string of the molecule is CSCc1cccnc1C(F)(F)F. The minimum Gasteiger partial charge on any atom is -0.251 e. The fraction of sp³-hybridized carbons (Fsp3) is 0.375. The van der Waals surface area contributed by atoms with E-state index in [1.165, 1.54) is 23.9 Å². The third kappa shape index (κ3) is 2.62. The Morgan fingerprint density at radius 3 is 2.69 bits per heavy atom. The Bertz CT molecular complexity index is 285. The standard InChI is InChI=1S/C8H8F3NS/c1-13-5-6-3-2-4-12-7(6)8(9,10)11/h2-4H,5H2,1H3. The van der Waals surface area contributed by atoms with Crippen LogP contribution in [-0.4, -0.2) is 11.2 Å². The van der Waals surface area contributed by atoms with E-state index in [1.807, 2.05) is 0 Å². The highest BCUT2D eigenvalue weighted by molar-refractivity contribution is 7.97. The quantitative estimate of drug-likeness (QED) is 0.739. The molecule has 0 amide bonds. The van der Waals surface area contributed by atoms with Crippen LogP contribution in [0.2, 0.25) is 0 Å². The van der Waals surface area contributed by atoms with E-state index in [0.717, 1.165) is 6.20 Å². The van der Waals surface area contributed by atoms with Gasteiger partial charge >= 0.3 is 6.18 Å². The first-order valence-electron chi connectivity index (χ1n) is 3.55. The van der Waals surface area contributed by atoms with Gasteiger partial charge in [0, 0.05) is 11.9 Å². The largest absolute Gasteiger partial charge is 0.433 e. The van der Waals surface area contributed by atoms with E-state index < -0.39 is 11.9 Å². The maximum absolute atomic E-state index is 12.3. The molecule has 5 heteroatoms. The molecule has 0 unspecified atom stereocenters. The molecule has 1 aromatic rings. The van der Waals surface area contributed by atoms with Crippen LogP contribution in [0.3, 0.4) is 0 Å². The maximum atomic E-state index is 12.3. The van der Waals surface area contributed by atoms with E-state index in [9.17, 15) is 13.2 Å². The first kappa shape index (κ1) is 10.4. The molecular formula is C8H8F3NS. The summed E-state index contributed by atoms with van der Waals surface area (Å²) < 4.78 is 36.9. The number of pyridine rings is 1. The predicted octanol–water partition coefficient (Wildman–Crippen LogP) is 2.96. The van der Waals surface area contributed by atoms with Gasteiger partial charge in [0.25, 0.3) is 0 Å². The molecule has 1 nitrogen and oxygen atoms in total. The molecule has 0 fully saturated rings. The summed E-state index contributed by atoms with van der Waals surface area (Å²) in [7, 11) is 0. The summed E-state index contributed by atoms with van der Waals surface area (Å²) >= 11 is 1.34.